The van der Waals surface area contributed by atoms with Crippen LogP contribution in [0.1, 0.15) is 20.8 Å². The normalized spacial score (nSPS) is 16.7. The van der Waals surface area contributed by atoms with Gasteiger partial charge in [-0.1, -0.05) is 34.1 Å². The predicted octanol–water partition coefficient (Wildman–Crippen LogP) is 4.47. The molecule has 6 nitrogen and oxygen atoms in total. The van der Waals surface area contributed by atoms with Crippen LogP contribution in [0, 0.1) is 0 Å². The average molecular weight is 488 g/mol. The molecular formula is C24H30BrN3O3. The molecule has 31 heavy (non-hydrogen) atoms. The summed E-state index contributed by atoms with van der Waals surface area (Å²) in [5.41, 5.74) is 1.77. The smallest absolute Gasteiger partial charge is 0.410 e. The van der Waals surface area contributed by atoms with Gasteiger partial charge >= 0.3 is 6.09 Å². The quantitative estimate of drug-likeness (QED) is 0.589. The summed E-state index contributed by atoms with van der Waals surface area (Å²) in [5.74, 6) is 0. The molecule has 4 rings (SSSR count). The van der Waals surface area contributed by atoms with E-state index in [-0.39, 0.29) is 6.09 Å². The highest BCUT2D eigenvalue weighted by molar-refractivity contribution is 9.10. The first-order valence-corrected chi connectivity index (χ1v) is 11.6. The minimum Gasteiger partial charge on any atom is -0.444 e. The van der Waals surface area contributed by atoms with E-state index in [2.05, 4.69) is 49.7 Å². The zero-order chi connectivity index (χ0) is 22.2. The Morgan fingerprint density at radius 3 is 2.42 bits per heavy atom. The topological polar surface area (TPSA) is 57.9 Å². The van der Waals surface area contributed by atoms with E-state index in [0.717, 1.165) is 28.6 Å². The number of para-hydroxylation sites is 1. The largest absolute Gasteiger partial charge is 0.444 e. The summed E-state index contributed by atoms with van der Waals surface area (Å²) in [6, 6.07) is 14.6. The zero-order valence-electron chi connectivity index (χ0n) is 18.3. The number of aliphatic hydroxyl groups is 1. The monoisotopic (exact) mass is 487 g/mol. The highest BCUT2D eigenvalue weighted by atomic mass is 79.9. The molecule has 0 bridgehead atoms. The van der Waals surface area contributed by atoms with Crippen molar-refractivity contribution in [2.75, 3.05) is 32.7 Å². The first kappa shape index (κ1) is 22.1. The fourth-order valence-electron chi connectivity index (χ4n) is 4.23. The van der Waals surface area contributed by atoms with E-state index in [4.69, 9.17) is 4.74 Å². The number of halogens is 1. The highest BCUT2D eigenvalue weighted by Gasteiger charge is 2.26. The van der Waals surface area contributed by atoms with E-state index in [1.165, 1.54) is 10.8 Å². The number of fused-ring (bicyclic) bond motifs is 3. The SMILES string of the molecule is CC(C)(C)OC(=O)N1CCN(C[C@@H](O)Cn2c3ccccc3c3cc(Br)ccc32)CC1. The van der Waals surface area contributed by atoms with Gasteiger partial charge in [0.05, 0.1) is 12.6 Å². The third-order valence-electron chi connectivity index (χ3n) is 5.62. The predicted molar refractivity (Wildman–Crippen MR) is 127 cm³/mol. The number of amides is 1. The van der Waals surface area contributed by atoms with Crippen molar-refractivity contribution in [2.24, 2.45) is 0 Å². The molecule has 1 amide bonds. The number of aliphatic hydroxyl groups excluding tert-OH is 1. The number of carbonyl (C=O) groups is 1. The number of nitrogens with zero attached hydrogens (tertiary/aromatic N) is 3. The van der Waals surface area contributed by atoms with Crippen molar-refractivity contribution in [3.05, 3.63) is 46.9 Å². The molecule has 2 aromatic carbocycles. The van der Waals surface area contributed by atoms with E-state index in [0.29, 0.717) is 26.2 Å². The third kappa shape index (κ3) is 5.05. The van der Waals surface area contributed by atoms with Crippen LogP contribution in [0.2, 0.25) is 0 Å². The fraction of sp³-hybridized carbons (Fsp3) is 0.458. The Labute approximate surface area is 191 Å². The number of piperazine rings is 1. The number of ether oxygens (including phenoxy) is 1. The van der Waals surface area contributed by atoms with Crippen LogP contribution in [0.4, 0.5) is 4.79 Å². The number of hydrogen-bond acceptors (Lipinski definition) is 4. The molecule has 166 valence electrons. The van der Waals surface area contributed by atoms with Crippen molar-refractivity contribution in [1.82, 2.24) is 14.4 Å². The van der Waals surface area contributed by atoms with Crippen LogP contribution >= 0.6 is 15.9 Å². The molecule has 1 atom stereocenters. The van der Waals surface area contributed by atoms with Gasteiger partial charge in [0.1, 0.15) is 5.60 Å². The Balaban J connectivity index is 1.41. The van der Waals surface area contributed by atoms with Crippen molar-refractivity contribution in [3.8, 4) is 0 Å². The average Bonchev–Trinajstić information content (AvgIpc) is 3.00. The number of hydrogen-bond donors (Lipinski definition) is 1. The molecular weight excluding hydrogens is 458 g/mol. The lowest BCUT2D eigenvalue weighted by molar-refractivity contribution is 0.00950. The molecule has 1 aromatic heterocycles. The van der Waals surface area contributed by atoms with Crippen LogP contribution in [-0.4, -0.2) is 70.0 Å². The van der Waals surface area contributed by atoms with Gasteiger partial charge in [-0.25, -0.2) is 4.79 Å². The minimum absolute atomic E-state index is 0.260. The van der Waals surface area contributed by atoms with Crippen molar-refractivity contribution in [1.29, 1.82) is 0 Å². The first-order chi connectivity index (χ1) is 14.7. The summed E-state index contributed by atoms with van der Waals surface area (Å²) in [5, 5.41) is 13.3. The lowest BCUT2D eigenvalue weighted by Gasteiger charge is -2.36. The van der Waals surface area contributed by atoms with Gasteiger partial charge in [0.2, 0.25) is 0 Å². The van der Waals surface area contributed by atoms with Crippen molar-refractivity contribution in [2.45, 2.75) is 39.0 Å². The standard InChI is InChI=1S/C24H30BrN3O3/c1-24(2,3)31-23(30)27-12-10-26(11-13-27)15-18(29)16-28-21-7-5-4-6-19(21)20-14-17(25)8-9-22(20)28/h4-9,14,18,29H,10-13,15-16H2,1-3H3/t18-/m1/s1. The molecule has 7 heteroatoms. The van der Waals surface area contributed by atoms with Gasteiger partial charge in [-0.15, -0.1) is 0 Å². The Kier molecular flexibility index (Phi) is 6.28. The molecule has 0 radical (unpaired) electrons. The summed E-state index contributed by atoms with van der Waals surface area (Å²) in [6.45, 7) is 9.44. The minimum atomic E-state index is -0.504. The van der Waals surface area contributed by atoms with Gasteiger partial charge in [0.15, 0.2) is 0 Å². The maximum absolute atomic E-state index is 12.3. The molecule has 1 fully saturated rings. The highest BCUT2D eigenvalue weighted by Crippen LogP contribution is 2.31. The third-order valence-corrected chi connectivity index (χ3v) is 6.11. The van der Waals surface area contributed by atoms with Crippen LogP contribution in [0.25, 0.3) is 21.8 Å². The Morgan fingerprint density at radius 2 is 1.71 bits per heavy atom. The van der Waals surface area contributed by atoms with E-state index in [1.54, 1.807) is 4.90 Å². The molecule has 0 saturated carbocycles. The van der Waals surface area contributed by atoms with Crippen LogP contribution in [-0.2, 0) is 11.3 Å². The second-order valence-corrected chi connectivity index (χ2v) is 10.1. The second-order valence-electron chi connectivity index (χ2n) is 9.21. The van der Waals surface area contributed by atoms with Gasteiger partial charge in [-0.3, -0.25) is 4.90 Å². The van der Waals surface area contributed by atoms with Gasteiger partial charge in [-0.05, 0) is 45.0 Å². The number of β-amino-alcohol motifs (C(OH)–C–C–N with tert-alkyl or cyclic N) is 1. The molecule has 1 aliphatic heterocycles. The molecule has 0 spiro atoms. The molecule has 3 aromatic rings. The molecule has 1 aliphatic rings. The summed E-state index contributed by atoms with van der Waals surface area (Å²) < 4.78 is 8.72. The van der Waals surface area contributed by atoms with Crippen LogP contribution < -0.4 is 0 Å². The Bertz CT molecular complexity index is 1080. The molecule has 1 N–H and O–H groups in total. The molecule has 1 saturated heterocycles. The van der Waals surface area contributed by atoms with Crippen molar-refractivity contribution < 1.29 is 14.6 Å². The van der Waals surface area contributed by atoms with Gasteiger partial charge < -0.3 is 19.3 Å². The van der Waals surface area contributed by atoms with Crippen molar-refractivity contribution >= 4 is 43.8 Å². The summed E-state index contributed by atoms with van der Waals surface area (Å²) in [7, 11) is 0. The number of aromatic nitrogens is 1. The number of rotatable bonds is 4. The van der Waals surface area contributed by atoms with Crippen molar-refractivity contribution in [3.63, 3.8) is 0 Å². The molecule has 0 aliphatic carbocycles. The van der Waals surface area contributed by atoms with Crippen LogP contribution in [0.3, 0.4) is 0 Å². The maximum atomic E-state index is 12.3. The molecule has 0 unspecified atom stereocenters. The lowest BCUT2D eigenvalue weighted by atomic mass is 10.2. The summed E-state index contributed by atoms with van der Waals surface area (Å²) in [6.07, 6.45) is -0.764. The van der Waals surface area contributed by atoms with E-state index < -0.39 is 11.7 Å². The van der Waals surface area contributed by atoms with Crippen LogP contribution in [0.5, 0.6) is 0 Å². The van der Waals surface area contributed by atoms with Gasteiger partial charge in [0, 0.05) is 59.0 Å². The van der Waals surface area contributed by atoms with Gasteiger partial charge in [0.25, 0.3) is 0 Å². The lowest BCUT2D eigenvalue weighted by Crippen LogP contribution is -2.51. The number of benzene rings is 2. The zero-order valence-corrected chi connectivity index (χ0v) is 19.9. The summed E-state index contributed by atoms with van der Waals surface area (Å²) in [4.78, 5) is 16.2. The fourth-order valence-corrected chi connectivity index (χ4v) is 4.59. The Morgan fingerprint density at radius 1 is 1.03 bits per heavy atom. The maximum Gasteiger partial charge on any atom is 0.410 e. The molecule has 2 heterocycles. The second kappa shape index (κ2) is 8.81. The summed E-state index contributed by atoms with van der Waals surface area (Å²) >= 11 is 3.57. The first-order valence-electron chi connectivity index (χ1n) is 10.8. The van der Waals surface area contributed by atoms with Gasteiger partial charge in [-0.2, -0.15) is 0 Å². The van der Waals surface area contributed by atoms with Crippen LogP contribution in [0.15, 0.2) is 46.9 Å². The Hall–Kier alpha value is -2.09. The van der Waals surface area contributed by atoms with E-state index in [9.17, 15) is 9.90 Å². The van der Waals surface area contributed by atoms with E-state index in [1.807, 2.05) is 39.0 Å². The van der Waals surface area contributed by atoms with E-state index >= 15 is 0 Å². The number of carbonyl (C=O) groups excluding carboxylic acids is 1.